The van der Waals surface area contributed by atoms with Crippen LogP contribution < -0.4 is 5.32 Å². The van der Waals surface area contributed by atoms with Crippen molar-refractivity contribution in [2.75, 3.05) is 6.61 Å². The lowest BCUT2D eigenvalue weighted by Gasteiger charge is -2.23. The predicted octanol–water partition coefficient (Wildman–Crippen LogP) is 2.37. The highest BCUT2D eigenvalue weighted by Gasteiger charge is 2.31. The average Bonchev–Trinajstić information content (AvgIpc) is 3.22. The number of nitriles is 1. The van der Waals surface area contributed by atoms with Gasteiger partial charge in [-0.1, -0.05) is 12.1 Å². The Balaban J connectivity index is 1.96. The molecule has 0 spiro atoms. The molecule has 0 heterocycles. The zero-order valence-electron chi connectivity index (χ0n) is 10.8. The molecule has 3 nitrogen and oxygen atoms in total. The van der Waals surface area contributed by atoms with Crippen molar-refractivity contribution in [1.29, 1.82) is 5.26 Å². The molecule has 1 aromatic carbocycles. The molecule has 2 N–H and O–H groups in total. The van der Waals surface area contributed by atoms with Crippen molar-refractivity contribution in [3.63, 3.8) is 0 Å². The molecule has 96 valence electrons. The van der Waals surface area contributed by atoms with E-state index in [4.69, 9.17) is 10.4 Å². The molecule has 0 aliphatic heterocycles. The van der Waals surface area contributed by atoms with Gasteiger partial charge in [0, 0.05) is 18.7 Å². The van der Waals surface area contributed by atoms with E-state index >= 15 is 0 Å². The fourth-order valence-electron chi connectivity index (χ4n) is 2.36. The van der Waals surface area contributed by atoms with Gasteiger partial charge in [-0.3, -0.25) is 0 Å². The highest BCUT2D eigenvalue weighted by atomic mass is 16.3. The number of hydrogen-bond donors (Lipinski definition) is 2. The van der Waals surface area contributed by atoms with Gasteiger partial charge in [-0.2, -0.15) is 5.26 Å². The maximum Gasteiger partial charge on any atom is 0.0991 e. The van der Waals surface area contributed by atoms with Crippen LogP contribution in [-0.4, -0.2) is 17.8 Å². The van der Waals surface area contributed by atoms with Crippen molar-refractivity contribution in [2.45, 2.75) is 38.3 Å². The highest BCUT2D eigenvalue weighted by Crippen LogP contribution is 2.35. The Bertz CT molecular complexity index is 417. The van der Waals surface area contributed by atoms with E-state index in [0.29, 0.717) is 11.6 Å². The van der Waals surface area contributed by atoms with Crippen molar-refractivity contribution in [2.24, 2.45) is 5.92 Å². The van der Waals surface area contributed by atoms with Crippen molar-refractivity contribution >= 4 is 0 Å². The molecular weight excluding hydrogens is 224 g/mol. The predicted molar refractivity (Wildman–Crippen MR) is 70.9 cm³/mol. The zero-order valence-corrected chi connectivity index (χ0v) is 10.8. The van der Waals surface area contributed by atoms with Crippen LogP contribution in [0.15, 0.2) is 24.3 Å². The minimum Gasteiger partial charge on any atom is -0.396 e. The number of nitrogens with one attached hydrogen (secondary N) is 1. The quantitative estimate of drug-likeness (QED) is 0.807. The van der Waals surface area contributed by atoms with Gasteiger partial charge in [0.15, 0.2) is 0 Å². The van der Waals surface area contributed by atoms with E-state index in [0.717, 1.165) is 12.3 Å². The van der Waals surface area contributed by atoms with Crippen LogP contribution in [0.4, 0.5) is 0 Å². The summed E-state index contributed by atoms with van der Waals surface area (Å²) in [5.41, 5.74) is 1.89. The smallest absolute Gasteiger partial charge is 0.0991 e. The summed E-state index contributed by atoms with van der Waals surface area (Å²) in [7, 11) is 0. The standard InChI is InChI=1S/C15H20N2O/c1-11(13-4-2-12(10-16)3-5-13)17-15(8-9-18)14-6-7-14/h2-5,11,14-15,17-18H,6-9H2,1H3. The minimum atomic E-state index is 0.244. The molecule has 1 aliphatic rings. The van der Waals surface area contributed by atoms with Crippen LogP contribution in [0.2, 0.25) is 0 Å². The molecule has 0 amide bonds. The first-order chi connectivity index (χ1) is 8.74. The lowest BCUT2D eigenvalue weighted by Crippen LogP contribution is -2.34. The van der Waals surface area contributed by atoms with E-state index in [2.05, 4.69) is 18.3 Å². The maximum atomic E-state index is 9.09. The number of aliphatic hydroxyl groups is 1. The van der Waals surface area contributed by atoms with Crippen LogP contribution in [-0.2, 0) is 0 Å². The van der Waals surface area contributed by atoms with E-state index in [1.54, 1.807) is 0 Å². The first-order valence-corrected chi connectivity index (χ1v) is 6.61. The molecule has 1 saturated carbocycles. The third-order valence-electron chi connectivity index (χ3n) is 3.64. The summed E-state index contributed by atoms with van der Waals surface area (Å²) in [5, 5.41) is 21.4. The molecular formula is C15H20N2O. The van der Waals surface area contributed by atoms with Gasteiger partial charge in [-0.05, 0) is 49.8 Å². The van der Waals surface area contributed by atoms with E-state index in [1.807, 2.05) is 24.3 Å². The van der Waals surface area contributed by atoms with E-state index < -0.39 is 0 Å². The molecule has 2 rings (SSSR count). The third-order valence-corrected chi connectivity index (χ3v) is 3.64. The van der Waals surface area contributed by atoms with Gasteiger partial charge >= 0.3 is 0 Å². The monoisotopic (exact) mass is 244 g/mol. The van der Waals surface area contributed by atoms with Gasteiger partial charge < -0.3 is 10.4 Å². The summed E-state index contributed by atoms with van der Waals surface area (Å²) in [6.45, 7) is 2.38. The lowest BCUT2D eigenvalue weighted by molar-refractivity contribution is 0.250. The minimum absolute atomic E-state index is 0.244. The summed E-state index contributed by atoms with van der Waals surface area (Å²) in [4.78, 5) is 0. The van der Waals surface area contributed by atoms with Gasteiger partial charge in [-0.25, -0.2) is 0 Å². The lowest BCUT2D eigenvalue weighted by atomic mass is 10.0. The fraction of sp³-hybridized carbons (Fsp3) is 0.533. The van der Waals surface area contributed by atoms with E-state index in [-0.39, 0.29) is 12.6 Å². The van der Waals surface area contributed by atoms with Crippen LogP contribution in [0.25, 0.3) is 0 Å². The van der Waals surface area contributed by atoms with Crippen molar-refractivity contribution in [3.8, 4) is 6.07 Å². The Hall–Kier alpha value is -1.37. The van der Waals surface area contributed by atoms with Crippen molar-refractivity contribution in [1.82, 2.24) is 5.32 Å². The third kappa shape index (κ3) is 3.32. The van der Waals surface area contributed by atoms with Gasteiger partial charge in [0.1, 0.15) is 0 Å². The molecule has 0 aromatic heterocycles. The highest BCUT2D eigenvalue weighted by molar-refractivity contribution is 5.32. The van der Waals surface area contributed by atoms with Gasteiger partial charge in [-0.15, -0.1) is 0 Å². The number of rotatable bonds is 6. The molecule has 2 unspecified atom stereocenters. The summed E-state index contributed by atoms with van der Waals surface area (Å²) in [6, 6.07) is 10.5. The molecule has 1 aromatic rings. The summed E-state index contributed by atoms with van der Waals surface area (Å²) in [5.74, 6) is 0.734. The first kappa shape index (κ1) is 13.1. The Morgan fingerprint density at radius 3 is 2.56 bits per heavy atom. The van der Waals surface area contributed by atoms with Crippen molar-refractivity contribution < 1.29 is 5.11 Å². The molecule has 1 fully saturated rings. The molecule has 3 heteroatoms. The maximum absolute atomic E-state index is 9.09. The van der Waals surface area contributed by atoms with E-state index in [9.17, 15) is 0 Å². The van der Waals surface area contributed by atoms with Gasteiger partial charge in [0.25, 0.3) is 0 Å². The van der Waals surface area contributed by atoms with Crippen LogP contribution in [0.3, 0.4) is 0 Å². The molecule has 0 saturated heterocycles. The molecule has 2 atom stereocenters. The Morgan fingerprint density at radius 2 is 2.06 bits per heavy atom. The number of aliphatic hydroxyl groups excluding tert-OH is 1. The van der Waals surface area contributed by atoms with Crippen molar-refractivity contribution in [3.05, 3.63) is 35.4 Å². The van der Waals surface area contributed by atoms with Gasteiger partial charge in [0.2, 0.25) is 0 Å². The Morgan fingerprint density at radius 1 is 1.39 bits per heavy atom. The molecule has 0 radical (unpaired) electrons. The second-order valence-corrected chi connectivity index (χ2v) is 5.08. The van der Waals surface area contributed by atoms with Crippen LogP contribution >= 0.6 is 0 Å². The second kappa shape index (κ2) is 5.99. The summed E-state index contributed by atoms with van der Waals surface area (Å²) in [6.07, 6.45) is 3.38. The van der Waals surface area contributed by atoms with Gasteiger partial charge in [0.05, 0.1) is 11.6 Å². The van der Waals surface area contributed by atoms with Crippen LogP contribution in [0, 0.1) is 17.2 Å². The Labute approximate surface area is 108 Å². The molecule has 1 aliphatic carbocycles. The zero-order chi connectivity index (χ0) is 13.0. The largest absolute Gasteiger partial charge is 0.396 e. The molecule has 18 heavy (non-hydrogen) atoms. The molecule has 0 bridgehead atoms. The second-order valence-electron chi connectivity index (χ2n) is 5.08. The summed E-state index contributed by atoms with van der Waals surface area (Å²) >= 11 is 0. The number of nitrogens with zero attached hydrogens (tertiary/aromatic N) is 1. The van der Waals surface area contributed by atoms with E-state index in [1.165, 1.54) is 18.4 Å². The fourth-order valence-corrected chi connectivity index (χ4v) is 2.36. The number of hydrogen-bond acceptors (Lipinski definition) is 3. The topological polar surface area (TPSA) is 56.0 Å². The first-order valence-electron chi connectivity index (χ1n) is 6.61. The average molecular weight is 244 g/mol. The Kier molecular flexibility index (Phi) is 4.35. The normalized spacial score (nSPS) is 18.1. The number of benzene rings is 1. The summed E-state index contributed by atoms with van der Waals surface area (Å²) < 4.78 is 0. The van der Waals surface area contributed by atoms with Crippen LogP contribution in [0.1, 0.15) is 43.4 Å². The van der Waals surface area contributed by atoms with Crippen LogP contribution in [0.5, 0.6) is 0 Å². The SMILES string of the molecule is CC(NC(CCO)C1CC1)c1ccc(C#N)cc1.